The summed E-state index contributed by atoms with van der Waals surface area (Å²) >= 11 is 0. The minimum atomic E-state index is -0.129. The molecule has 1 atom stereocenters. The van der Waals surface area contributed by atoms with Crippen LogP contribution in [0.4, 0.5) is 5.95 Å². The molecule has 2 aliphatic heterocycles. The summed E-state index contributed by atoms with van der Waals surface area (Å²) in [5, 5.41) is 3.78. The molecule has 0 saturated carbocycles. The van der Waals surface area contributed by atoms with E-state index in [-0.39, 0.29) is 11.3 Å². The number of fused-ring (bicyclic) bond motifs is 1. The van der Waals surface area contributed by atoms with Gasteiger partial charge in [0.05, 0.1) is 39.0 Å². The van der Waals surface area contributed by atoms with Crippen LogP contribution in [0.3, 0.4) is 0 Å². The van der Waals surface area contributed by atoms with Crippen LogP contribution in [0.5, 0.6) is 17.2 Å². The van der Waals surface area contributed by atoms with Gasteiger partial charge in [-0.25, -0.2) is 4.98 Å². The highest BCUT2D eigenvalue weighted by atomic mass is 16.5. The topological polar surface area (TPSA) is 90.3 Å². The lowest BCUT2D eigenvalue weighted by molar-refractivity contribution is 0.0606. The number of carbonyl (C=O) groups is 1. The fourth-order valence-corrected chi connectivity index (χ4v) is 7.64. The molecule has 2 saturated heterocycles. The van der Waals surface area contributed by atoms with Crippen molar-refractivity contribution in [1.82, 2.24) is 19.4 Å². The average molecular weight is 670 g/mol. The second-order valence-electron chi connectivity index (χ2n) is 13.2. The lowest BCUT2D eigenvalue weighted by atomic mass is 9.71. The summed E-state index contributed by atoms with van der Waals surface area (Å²) < 4.78 is 24.6. The average Bonchev–Trinajstić information content (AvgIpc) is 3.50. The molecule has 0 aliphatic carbocycles. The number of anilines is 1. The maximum absolute atomic E-state index is 14.0. The van der Waals surface area contributed by atoms with Gasteiger partial charge in [0.1, 0.15) is 0 Å². The van der Waals surface area contributed by atoms with E-state index in [1.54, 1.807) is 33.5 Å². The van der Waals surface area contributed by atoms with Crippen LogP contribution in [0, 0.1) is 0 Å². The summed E-state index contributed by atoms with van der Waals surface area (Å²) in [6.45, 7) is 8.60. The molecule has 2 fully saturated rings. The zero-order valence-corrected chi connectivity index (χ0v) is 29.5. The fourth-order valence-electron chi connectivity index (χ4n) is 7.64. The highest BCUT2D eigenvalue weighted by molar-refractivity contribution is 5.96. The zero-order chi connectivity index (χ0) is 34.2. The number of likely N-dealkylation sites (tertiary alicyclic amines) is 2. The molecular formula is C39H51N5O5. The molecule has 10 nitrogen and oxygen atoms in total. The molecule has 1 amide bonds. The van der Waals surface area contributed by atoms with Crippen molar-refractivity contribution in [2.75, 3.05) is 72.6 Å². The number of amides is 1. The van der Waals surface area contributed by atoms with Crippen molar-refractivity contribution in [2.45, 2.75) is 57.0 Å². The first-order valence-corrected chi connectivity index (χ1v) is 17.6. The van der Waals surface area contributed by atoms with E-state index >= 15 is 0 Å². The standard InChI is InChI=1S/C39H51N5O5/c1-5-49-25-24-44-33-15-10-9-14-32(33)41-38(44)40-31-16-21-42(22-17-31)23-19-39(30-12-7-6-8-13-30)18-11-20-43(28-39)37(45)29-26-34(46-2)36(48-4)35(27-29)47-3/h6-10,12-15,26-27,31H,5,11,16-25,28H2,1-4H3,(H,40,41). The van der Waals surface area contributed by atoms with Crippen molar-refractivity contribution in [1.29, 1.82) is 0 Å². The Balaban J connectivity index is 1.12. The third-order valence-corrected chi connectivity index (χ3v) is 10.3. The number of hydrogen-bond donors (Lipinski definition) is 1. The monoisotopic (exact) mass is 669 g/mol. The van der Waals surface area contributed by atoms with Crippen LogP contribution >= 0.6 is 0 Å². The maximum Gasteiger partial charge on any atom is 0.254 e. The van der Waals surface area contributed by atoms with Crippen molar-refractivity contribution in [3.05, 3.63) is 77.9 Å². The highest BCUT2D eigenvalue weighted by Crippen LogP contribution is 2.41. The first-order valence-electron chi connectivity index (χ1n) is 17.6. The predicted molar refractivity (Wildman–Crippen MR) is 193 cm³/mol. The van der Waals surface area contributed by atoms with Crippen LogP contribution in [-0.4, -0.2) is 98.6 Å². The molecule has 3 aromatic carbocycles. The summed E-state index contributed by atoms with van der Waals surface area (Å²) in [6.07, 6.45) is 5.09. The van der Waals surface area contributed by atoms with Crippen LogP contribution in [0.25, 0.3) is 11.0 Å². The Morgan fingerprint density at radius 3 is 2.33 bits per heavy atom. The van der Waals surface area contributed by atoms with E-state index in [2.05, 4.69) is 63.3 Å². The Kier molecular flexibility index (Phi) is 11.3. The molecule has 10 heteroatoms. The molecular weight excluding hydrogens is 618 g/mol. The van der Waals surface area contributed by atoms with Crippen LogP contribution in [0.2, 0.25) is 0 Å². The van der Waals surface area contributed by atoms with Gasteiger partial charge in [0.2, 0.25) is 11.7 Å². The molecule has 1 N–H and O–H groups in total. The lowest BCUT2D eigenvalue weighted by Gasteiger charge is -2.45. The number of ether oxygens (including phenoxy) is 4. The normalized spacial score (nSPS) is 18.8. The summed E-state index contributed by atoms with van der Waals surface area (Å²) in [6, 6.07) is 23.0. The maximum atomic E-state index is 14.0. The van der Waals surface area contributed by atoms with Gasteiger partial charge in [-0.2, -0.15) is 0 Å². The zero-order valence-electron chi connectivity index (χ0n) is 29.5. The molecule has 2 aliphatic rings. The van der Waals surface area contributed by atoms with Gasteiger partial charge >= 0.3 is 0 Å². The largest absolute Gasteiger partial charge is 0.493 e. The van der Waals surface area contributed by atoms with Crippen LogP contribution < -0.4 is 19.5 Å². The van der Waals surface area contributed by atoms with Crippen LogP contribution in [0.1, 0.15) is 54.9 Å². The number of piperidine rings is 2. The molecule has 49 heavy (non-hydrogen) atoms. The fraction of sp³-hybridized carbons (Fsp3) is 0.487. The number of aromatic nitrogens is 2. The minimum Gasteiger partial charge on any atom is -0.493 e. The molecule has 0 radical (unpaired) electrons. The Hall–Kier alpha value is -4.28. The lowest BCUT2D eigenvalue weighted by Crippen LogP contribution is -2.50. The van der Waals surface area contributed by atoms with E-state index in [1.165, 1.54) is 5.56 Å². The van der Waals surface area contributed by atoms with Crippen molar-refractivity contribution in [2.24, 2.45) is 0 Å². The number of hydrogen-bond acceptors (Lipinski definition) is 8. The Morgan fingerprint density at radius 2 is 1.63 bits per heavy atom. The Labute approximate surface area is 290 Å². The van der Waals surface area contributed by atoms with Gasteiger partial charge < -0.3 is 38.6 Å². The van der Waals surface area contributed by atoms with E-state index in [4.69, 9.17) is 23.9 Å². The molecule has 1 unspecified atom stereocenters. The molecule has 1 aromatic heterocycles. The number of imidazole rings is 1. The van der Waals surface area contributed by atoms with Gasteiger partial charge in [0.25, 0.3) is 5.91 Å². The van der Waals surface area contributed by atoms with Gasteiger partial charge in [-0.1, -0.05) is 42.5 Å². The minimum absolute atomic E-state index is 0.0153. The van der Waals surface area contributed by atoms with Gasteiger partial charge in [-0.3, -0.25) is 4.79 Å². The van der Waals surface area contributed by atoms with E-state index < -0.39 is 0 Å². The first-order chi connectivity index (χ1) is 24.0. The van der Waals surface area contributed by atoms with Crippen molar-refractivity contribution in [3.8, 4) is 17.2 Å². The number of methoxy groups -OCH3 is 3. The number of nitrogens with one attached hydrogen (secondary N) is 1. The third-order valence-electron chi connectivity index (χ3n) is 10.3. The molecule has 0 bridgehead atoms. The molecule has 3 heterocycles. The van der Waals surface area contributed by atoms with Gasteiger partial charge in [-0.15, -0.1) is 0 Å². The van der Waals surface area contributed by atoms with E-state index in [9.17, 15) is 4.79 Å². The highest BCUT2D eigenvalue weighted by Gasteiger charge is 2.39. The second-order valence-corrected chi connectivity index (χ2v) is 13.2. The molecule has 6 rings (SSSR count). The van der Waals surface area contributed by atoms with Crippen LogP contribution in [0.15, 0.2) is 66.7 Å². The van der Waals surface area contributed by atoms with Gasteiger partial charge in [0.15, 0.2) is 11.5 Å². The smallest absolute Gasteiger partial charge is 0.254 e. The number of carbonyl (C=O) groups excluding carboxylic acids is 1. The van der Waals surface area contributed by atoms with Crippen molar-refractivity contribution < 1.29 is 23.7 Å². The van der Waals surface area contributed by atoms with Gasteiger partial charge in [-0.05, 0) is 75.4 Å². The quantitative estimate of drug-likeness (QED) is 0.158. The number of nitrogens with zero attached hydrogens (tertiary/aromatic N) is 4. The van der Waals surface area contributed by atoms with Crippen molar-refractivity contribution in [3.63, 3.8) is 0 Å². The molecule has 4 aromatic rings. The second kappa shape index (κ2) is 16.0. The SMILES string of the molecule is CCOCCn1c(NC2CCN(CCC3(c4ccccc4)CCCN(C(=O)c4cc(OC)c(OC)c(OC)c4)C3)CC2)nc2ccccc21. The Morgan fingerprint density at radius 1 is 0.918 bits per heavy atom. The van der Waals surface area contributed by atoms with Crippen LogP contribution in [-0.2, 0) is 16.7 Å². The van der Waals surface area contributed by atoms with E-state index in [0.29, 0.717) is 48.6 Å². The number of benzene rings is 3. The summed E-state index contributed by atoms with van der Waals surface area (Å²) in [5.41, 5.74) is 3.87. The third kappa shape index (κ3) is 7.65. The summed E-state index contributed by atoms with van der Waals surface area (Å²) in [5.74, 6) is 2.37. The summed E-state index contributed by atoms with van der Waals surface area (Å²) in [4.78, 5) is 23.6. The predicted octanol–water partition coefficient (Wildman–Crippen LogP) is 6.24. The van der Waals surface area contributed by atoms with E-state index in [1.807, 2.05) is 17.9 Å². The first kappa shape index (κ1) is 34.6. The van der Waals surface area contributed by atoms with Crippen molar-refractivity contribution >= 4 is 22.9 Å². The van der Waals surface area contributed by atoms with Gasteiger partial charge in [0, 0.05) is 56.4 Å². The number of para-hydroxylation sites is 2. The summed E-state index contributed by atoms with van der Waals surface area (Å²) in [7, 11) is 4.72. The van der Waals surface area contributed by atoms with E-state index in [0.717, 1.165) is 81.8 Å². The molecule has 0 spiro atoms. The Bertz CT molecular complexity index is 1660. The number of rotatable bonds is 14. The molecule has 262 valence electrons.